The van der Waals surface area contributed by atoms with Gasteiger partial charge in [0.25, 0.3) is 0 Å². The molecule has 1 amide bonds. The minimum atomic E-state index is 0.209. The molecular formula is C18H27N3O. The summed E-state index contributed by atoms with van der Waals surface area (Å²) in [7, 11) is 0. The molecule has 0 aromatic carbocycles. The quantitative estimate of drug-likeness (QED) is 0.758. The number of carbonyl (C=O) groups excluding carboxylic acids is 1. The van der Waals surface area contributed by atoms with Gasteiger partial charge in [0.05, 0.1) is 6.54 Å². The second-order valence-corrected chi connectivity index (χ2v) is 6.22. The Labute approximate surface area is 133 Å². The highest BCUT2D eigenvalue weighted by atomic mass is 16.2. The summed E-state index contributed by atoms with van der Waals surface area (Å²) in [4.78, 5) is 20.7. The zero-order valence-corrected chi connectivity index (χ0v) is 13.8. The minimum absolute atomic E-state index is 0.209. The van der Waals surface area contributed by atoms with Gasteiger partial charge in [0.15, 0.2) is 0 Å². The van der Waals surface area contributed by atoms with E-state index in [0.29, 0.717) is 19.0 Å². The number of hydrogen-bond donors (Lipinski definition) is 0. The highest BCUT2D eigenvalue weighted by Gasteiger charge is 2.24. The summed E-state index contributed by atoms with van der Waals surface area (Å²) in [6.45, 7) is 11.8. The molecule has 0 bridgehead atoms. The molecule has 2 rings (SSSR count). The molecule has 1 fully saturated rings. The topological polar surface area (TPSA) is 36.4 Å². The van der Waals surface area contributed by atoms with Crippen LogP contribution in [0.5, 0.6) is 0 Å². The van der Waals surface area contributed by atoms with Crippen molar-refractivity contribution in [1.82, 2.24) is 14.8 Å². The summed E-state index contributed by atoms with van der Waals surface area (Å²) in [5.74, 6) is 0.724. The third-order valence-electron chi connectivity index (χ3n) is 4.24. The molecule has 0 spiro atoms. The summed E-state index contributed by atoms with van der Waals surface area (Å²) >= 11 is 0. The number of aromatic nitrogens is 1. The fourth-order valence-corrected chi connectivity index (χ4v) is 3.10. The van der Waals surface area contributed by atoms with Gasteiger partial charge >= 0.3 is 0 Å². The number of amides is 1. The Morgan fingerprint density at radius 3 is 2.82 bits per heavy atom. The van der Waals surface area contributed by atoms with Gasteiger partial charge in [0.1, 0.15) is 0 Å². The van der Waals surface area contributed by atoms with E-state index in [1.165, 1.54) is 12.0 Å². The first kappa shape index (κ1) is 16.7. The van der Waals surface area contributed by atoms with Crippen LogP contribution in [0, 0.1) is 0 Å². The Balaban J connectivity index is 1.92. The highest BCUT2D eigenvalue weighted by Crippen LogP contribution is 2.26. The van der Waals surface area contributed by atoms with Gasteiger partial charge in [0.2, 0.25) is 5.91 Å². The van der Waals surface area contributed by atoms with E-state index in [0.717, 1.165) is 31.6 Å². The number of likely N-dealkylation sites (N-methyl/N-ethyl adjacent to an activating group) is 1. The van der Waals surface area contributed by atoms with Crippen molar-refractivity contribution in [3.63, 3.8) is 0 Å². The van der Waals surface area contributed by atoms with E-state index < -0.39 is 0 Å². The van der Waals surface area contributed by atoms with Crippen molar-refractivity contribution >= 4 is 5.91 Å². The van der Waals surface area contributed by atoms with Crippen LogP contribution in [0.1, 0.15) is 38.2 Å². The minimum Gasteiger partial charge on any atom is -0.338 e. The van der Waals surface area contributed by atoms with E-state index in [-0.39, 0.29) is 5.91 Å². The van der Waals surface area contributed by atoms with Crippen molar-refractivity contribution in [2.75, 3.05) is 32.7 Å². The van der Waals surface area contributed by atoms with Gasteiger partial charge in [-0.15, -0.1) is 0 Å². The molecule has 4 heteroatoms. The molecule has 0 aliphatic carbocycles. The predicted octanol–water partition coefficient (Wildman–Crippen LogP) is 2.69. The first-order valence-corrected chi connectivity index (χ1v) is 8.14. The summed E-state index contributed by atoms with van der Waals surface area (Å²) in [5, 5.41) is 0. The lowest BCUT2D eigenvalue weighted by Crippen LogP contribution is -2.44. The van der Waals surface area contributed by atoms with Crippen molar-refractivity contribution in [3.05, 3.63) is 42.2 Å². The number of hydrogen-bond acceptors (Lipinski definition) is 3. The fraction of sp³-hybridized carbons (Fsp3) is 0.556. The second kappa shape index (κ2) is 8.08. The van der Waals surface area contributed by atoms with E-state index in [1.54, 1.807) is 0 Å². The van der Waals surface area contributed by atoms with E-state index in [2.05, 4.69) is 28.6 Å². The van der Waals surface area contributed by atoms with Gasteiger partial charge < -0.3 is 4.90 Å². The lowest BCUT2D eigenvalue weighted by Gasteiger charge is -2.34. The molecule has 4 nitrogen and oxygen atoms in total. The number of rotatable bonds is 6. The number of pyridine rings is 1. The molecule has 0 N–H and O–H groups in total. The van der Waals surface area contributed by atoms with Crippen molar-refractivity contribution in [2.24, 2.45) is 0 Å². The van der Waals surface area contributed by atoms with Crippen LogP contribution in [0.3, 0.4) is 0 Å². The summed E-state index contributed by atoms with van der Waals surface area (Å²) in [6.07, 6.45) is 6.04. The molecule has 120 valence electrons. The lowest BCUT2D eigenvalue weighted by atomic mass is 9.91. The van der Waals surface area contributed by atoms with Gasteiger partial charge in [-0.1, -0.05) is 12.2 Å². The molecular weight excluding hydrogens is 274 g/mol. The van der Waals surface area contributed by atoms with E-state index in [9.17, 15) is 4.79 Å². The Morgan fingerprint density at radius 2 is 2.18 bits per heavy atom. The zero-order valence-electron chi connectivity index (χ0n) is 13.8. The van der Waals surface area contributed by atoms with Crippen LogP contribution < -0.4 is 0 Å². The average molecular weight is 301 g/mol. The average Bonchev–Trinajstić information content (AvgIpc) is 2.53. The van der Waals surface area contributed by atoms with Crippen molar-refractivity contribution in [2.45, 2.75) is 32.6 Å². The third-order valence-corrected chi connectivity index (χ3v) is 4.24. The van der Waals surface area contributed by atoms with E-state index in [1.807, 2.05) is 31.1 Å². The summed E-state index contributed by atoms with van der Waals surface area (Å²) < 4.78 is 0. The normalized spacial score (nSPS) is 18.9. The third kappa shape index (κ3) is 4.67. The maximum Gasteiger partial charge on any atom is 0.237 e. The van der Waals surface area contributed by atoms with Crippen molar-refractivity contribution in [1.29, 1.82) is 0 Å². The van der Waals surface area contributed by atoms with Crippen LogP contribution in [-0.4, -0.2) is 53.4 Å². The number of carbonyl (C=O) groups is 1. The molecule has 0 saturated carbocycles. The van der Waals surface area contributed by atoms with Gasteiger partial charge in [0, 0.05) is 32.0 Å². The number of nitrogens with zero attached hydrogens (tertiary/aromatic N) is 3. The first-order valence-electron chi connectivity index (χ1n) is 8.14. The van der Waals surface area contributed by atoms with Crippen LogP contribution >= 0.6 is 0 Å². The summed E-state index contributed by atoms with van der Waals surface area (Å²) in [5.41, 5.74) is 2.37. The zero-order chi connectivity index (χ0) is 15.9. The first-order chi connectivity index (χ1) is 10.6. The van der Waals surface area contributed by atoms with Crippen molar-refractivity contribution in [3.8, 4) is 0 Å². The maximum atomic E-state index is 12.5. The number of piperidine rings is 1. The predicted molar refractivity (Wildman–Crippen MR) is 89.7 cm³/mol. The van der Waals surface area contributed by atoms with Gasteiger partial charge in [-0.2, -0.15) is 0 Å². The van der Waals surface area contributed by atoms with Crippen LogP contribution in [0.25, 0.3) is 0 Å². The molecule has 22 heavy (non-hydrogen) atoms. The Bertz CT molecular complexity index is 500. The lowest BCUT2D eigenvalue weighted by molar-refractivity contribution is -0.132. The van der Waals surface area contributed by atoms with E-state index >= 15 is 0 Å². The second-order valence-electron chi connectivity index (χ2n) is 6.22. The largest absolute Gasteiger partial charge is 0.338 e. The van der Waals surface area contributed by atoms with Gasteiger partial charge in [-0.05, 0) is 56.8 Å². The molecule has 1 aliphatic heterocycles. The van der Waals surface area contributed by atoms with Gasteiger partial charge in [-0.3, -0.25) is 14.7 Å². The summed E-state index contributed by atoms with van der Waals surface area (Å²) in [6, 6.07) is 4.19. The monoisotopic (exact) mass is 301 g/mol. The molecule has 1 saturated heterocycles. The molecule has 0 radical (unpaired) electrons. The van der Waals surface area contributed by atoms with E-state index in [4.69, 9.17) is 0 Å². The maximum absolute atomic E-state index is 12.5. The van der Waals surface area contributed by atoms with Crippen LogP contribution in [0.2, 0.25) is 0 Å². The van der Waals surface area contributed by atoms with Crippen molar-refractivity contribution < 1.29 is 4.79 Å². The molecule has 1 aromatic rings. The molecule has 1 atom stereocenters. The smallest absolute Gasteiger partial charge is 0.237 e. The van der Waals surface area contributed by atoms with Gasteiger partial charge in [-0.25, -0.2) is 0 Å². The van der Waals surface area contributed by atoms with Crippen LogP contribution in [0.15, 0.2) is 36.7 Å². The van der Waals surface area contributed by atoms with Crippen LogP contribution in [0.4, 0.5) is 0 Å². The Morgan fingerprint density at radius 1 is 1.45 bits per heavy atom. The van der Waals surface area contributed by atoms with Crippen LogP contribution in [-0.2, 0) is 4.79 Å². The fourth-order valence-electron chi connectivity index (χ4n) is 3.10. The standard InChI is InChI=1S/C18H27N3O/c1-4-21(12-15(2)3)18(22)14-20-11-5-6-17(13-20)16-7-9-19-10-8-16/h7-10,17H,2,4-6,11-14H2,1,3H3/t17-/m1/s1. The molecule has 1 aliphatic rings. The Hall–Kier alpha value is -1.68. The SMILES string of the molecule is C=C(C)CN(CC)C(=O)CN1CCC[C@@H](c2ccncc2)C1. The molecule has 1 aromatic heterocycles. The highest BCUT2D eigenvalue weighted by molar-refractivity contribution is 5.78. The molecule has 2 heterocycles. The Kier molecular flexibility index (Phi) is 6.13. The molecule has 0 unspecified atom stereocenters. The number of likely N-dealkylation sites (tertiary alicyclic amines) is 1.